The Morgan fingerprint density at radius 3 is 1.13 bits per heavy atom. The van der Waals surface area contributed by atoms with Gasteiger partial charge in [0.25, 0.3) is 0 Å². The third-order valence-electron chi connectivity index (χ3n) is 9.41. The summed E-state index contributed by atoms with van der Waals surface area (Å²) in [5.74, 6) is 0. The molecule has 0 aliphatic carbocycles. The monoisotopic (exact) mass is 622 g/mol. The van der Waals surface area contributed by atoms with Gasteiger partial charge in [-0.2, -0.15) is 0 Å². The van der Waals surface area contributed by atoms with Gasteiger partial charge in [0.1, 0.15) is 0 Å². The quantitative estimate of drug-likeness (QED) is 0.183. The highest BCUT2D eigenvalue weighted by molar-refractivity contribution is 7.26. The highest BCUT2D eigenvalue weighted by atomic mass is 32.1. The first-order valence-corrected chi connectivity index (χ1v) is 17.4. The lowest BCUT2D eigenvalue weighted by Crippen LogP contribution is -1.88. The Bertz CT molecular complexity index is 2410. The van der Waals surface area contributed by atoms with Crippen LogP contribution in [0.5, 0.6) is 0 Å². The second kappa shape index (κ2) is 10.8. The molecular formula is C44H30S2. The Hall–Kier alpha value is -5.02. The summed E-state index contributed by atoms with van der Waals surface area (Å²) in [5, 5.41) is 5.37. The van der Waals surface area contributed by atoms with E-state index in [0.29, 0.717) is 0 Å². The zero-order chi connectivity index (χ0) is 30.8. The van der Waals surface area contributed by atoms with Gasteiger partial charge < -0.3 is 0 Å². The molecule has 9 aromatic rings. The molecule has 0 spiro atoms. The Kier molecular flexibility index (Phi) is 6.41. The van der Waals surface area contributed by atoms with Crippen LogP contribution in [-0.2, 0) is 0 Å². The average molecular weight is 623 g/mol. The highest BCUT2D eigenvalue weighted by Gasteiger charge is 2.12. The number of thiophene rings is 2. The number of benzene rings is 7. The molecule has 218 valence electrons. The van der Waals surface area contributed by atoms with Crippen molar-refractivity contribution in [2.75, 3.05) is 0 Å². The molecule has 0 saturated carbocycles. The van der Waals surface area contributed by atoms with E-state index in [4.69, 9.17) is 0 Å². The first kappa shape index (κ1) is 27.3. The summed E-state index contributed by atoms with van der Waals surface area (Å²) in [4.78, 5) is 0. The van der Waals surface area contributed by atoms with Crippen molar-refractivity contribution in [1.82, 2.24) is 0 Å². The zero-order valence-electron chi connectivity index (χ0n) is 25.7. The third-order valence-corrected chi connectivity index (χ3v) is 11.7. The number of hydrogen-bond donors (Lipinski definition) is 0. The molecule has 2 heteroatoms. The first-order valence-electron chi connectivity index (χ1n) is 15.7. The summed E-state index contributed by atoms with van der Waals surface area (Å²) in [6.07, 6.45) is 0. The minimum atomic E-state index is 1.23. The Labute approximate surface area is 276 Å². The van der Waals surface area contributed by atoms with Crippen LogP contribution in [0.15, 0.2) is 146 Å². The van der Waals surface area contributed by atoms with Crippen molar-refractivity contribution in [2.45, 2.75) is 13.8 Å². The van der Waals surface area contributed by atoms with Crippen LogP contribution in [0.3, 0.4) is 0 Å². The zero-order valence-corrected chi connectivity index (χ0v) is 27.3. The third kappa shape index (κ3) is 4.57. The lowest BCUT2D eigenvalue weighted by atomic mass is 9.92. The Morgan fingerprint density at radius 1 is 0.304 bits per heavy atom. The maximum atomic E-state index is 2.36. The van der Waals surface area contributed by atoms with E-state index in [1.54, 1.807) is 0 Å². The molecule has 0 atom stereocenters. The molecule has 0 fully saturated rings. The van der Waals surface area contributed by atoms with Crippen molar-refractivity contribution >= 4 is 63.0 Å². The molecule has 0 bridgehead atoms. The first-order chi connectivity index (χ1) is 22.6. The minimum Gasteiger partial charge on any atom is -0.135 e. The molecule has 46 heavy (non-hydrogen) atoms. The van der Waals surface area contributed by atoms with Crippen LogP contribution in [0.2, 0.25) is 0 Å². The summed E-state index contributed by atoms with van der Waals surface area (Å²) >= 11 is 3.76. The van der Waals surface area contributed by atoms with Crippen LogP contribution in [0.4, 0.5) is 0 Å². The Balaban J connectivity index is 1.04. The summed E-state index contributed by atoms with van der Waals surface area (Å²) in [7, 11) is 0. The molecular weight excluding hydrogens is 593 g/mol. The molecule has 0 radical (unpaired) electrons. The lowest BCUT2D eigenvalue weighted by Gasteiger charge is -2.12. The molecule has 0 N–H and O–H groups in total. The van der Waals surface area contributed by atoms with Gasteiger partial charge in [-0.15, -0.1) is 22.7 Å². The number of fused-ring (bicyclic) bond motifs is 6. The Morgan fingerprint density at radius 2 is 0.674 bits per heavy atom. The molecule has 2 aromatic heterocycles. The van der Waals surface area contributed by atoms with Crippen LogP contribution in [0.25, 0.3) is 84.9 Å². The number of rotatable bonds is 4. The van der Waals surface area contributed by atoms with Gasteiger partial charge in [0, 0.05) is 40.3 Å². The van der Waals surface area contributed by atoms with Gasteiger partial charge >= 0.3 is 0 Å². The molecule has 0 unspecified atom stereocenters. The van der Waals surface area contributed by atoms with Gasteiger partial charge in [0.2, 0.25) is 0 Å². The maximum Gasteiger partial charge on any atom is 0.0361 e. The number of aryl methyl sites for hydroxylation is 2. The fraction of sp³-hybridized carbons (Fsp3) is 0.0455. The van der Waals surface area contributed by atoms with E-state index in [-0.39, 0.29) is 0 Å². The summed E-state index contributed by atoms with van der Waals surface area (Å²) in [5.41, 5.74) is 12.7. The SMILES string of the molecule is Cc1ccc(-c2ccc(-c3ccc(C)c(-c4ccc5c(c4)sc4ccccc45)c3)cc2)cc1-c1ccc2c(c1)sc1ccccc12. The minimum absolute atomic E-state index is 1.23. The highest BCUT2D eigenvalue weighted by Crippen LogP contribution is 2.40. The molecule has 9 rings (SSSR count). The van der Waals surface area contributed by atoms with E-state index in [1.165, 1.54) is 96.0 Å². The van der Waals surface area contributed by atoms with Gasteiger partial charge in [0.15, 0.2) is 0 Å². The van der Waals surface area contributed by atoms with Crippen LogP contribution in [0, 0.1) is 13.8 Å². The van der Waals surface area contributed by atoms with Crippen molar-refractivity contribution in [3.8, 4) is 44.5 Å². The van der Waals surface area contributed by atoms with Gasteiger partial charge in [-0.3, -0.25) is 0 Å². The number of hydrogen-bond acceptors (Lipinski definition) is 2. The molecule has 0 nitrogen and oxygen atoms in total. The smallest absolute Gasteiger partial charge is 0.0361 e. The maximum absolute atomic E-state index is 2.36. The molecule has 0 aliphatic heterocycles. The van der Waals surface area contributed by atoms with Gasteiger partial charge in [-0.05, 0) is 106 Å². The van der Waals surface area contributed by atoms with Crippen molar-refractivity contribution in [2.24, 2.45) is 0 Å². The fourth-order valence-corrected chi connectivity index (χ4v) is 9.16. The van der Waals surface area contributed by atoms with E-state index in [1.807, 2.05) is 22.7 Å². The fourth-order valence-electron chi connectivity index (χ4n) is 6.87. The normalized spacial score (nSPS) is 11.7. The summed E-state index contributed by atoms with van der Waals surface area (Å²) < 4.78 is 5.37. The van der Waals surface area contributed by atoms with Crippen LogP contribution < -0.4 is 0 Å². The molecule has 0 saturated heterocycles. The molecule has 0 amide bonds. The second-order valence-electron chi connectivity index (χ2n) is 12.3. The topological polar surface area (TPSA) is 0 Å². The molecule has 2 heterocycles. The second-order valence-corrected chi connectivity index (χ2v) is 14.4. The van der Waals surface area contributed by atoms with Crippen LogP contribution >= 0.6 is 22.7 Å². The van der Waals surface area contributed by atoms with Crippen molar-refractivity contribution < 1.29 is 0 Å². The van der Waals surface area contributed by atoms with Gasteiger partial charge in [-0.1, -0.05) is 109 Å². The lowest BCUT2D eigenvalue weighted by molar-refractivity contribution is 1.45. The summed E-state index contributed by atoms with van der Waals surface area (Å²) in [6, 6.07) is 54.1. The van der Waals surface area contributed by atoms with Gasteiger partial charge in [-0.25, -0.2) is 0 Å². The predicted octanol–water partition coefficient (Wildman–Crippen LogP) is 13.7. The predicted molar refractivity (Wildman–Crippen MR) is 203 cm³/mol. The van der Waals surface area contributed by atoms with E-state index >= 15 is 0 Å². The largest absolute Gasteiger partial charge is 0.135 e. The van der Waals surface area contributed by atoms with E-state index in [0.717, 1.165) is 0 Å². The molecule has 7 aromatic carbocycles. The molecule has 0 aliphatic rings. The van der Waals surface area contributed by atoms with E-state index in [2.05, 4.69) is 159 Å². The van der Waals surface area contributed by atoms with Crippen LogP contribution in [-0.4, -0.2) is 0 Å². The standard InChI is InChI=1S/C44H30S2/c1-27-11-13-31(23-39(27)33-19-21-37-35-7-3-5-9-41(35)45-43(37)25-33)29-15-17-30(18-16-29)32-14-12-28(2)40(24-32)34-20-22-38-36-8-4-6-10-42(36)46-44(38)26-34/h3-26H,1-2H3. The van der Waals surface area contributed by atoms with Crippen molar-refractivity contribution in [3.05, 3.63) is 157 Å². The van der Waals surface area contributed by atoms with E-state index in [9.17, 15) is 0 Å². The van der Waals surface area contributed by atoms with Crippen molar-refractivity contribution in [1.29, 1.82) is 0 Å². The summed E-state index contributed by atoms with van der Waals surface area (Å²) in [6.45, 7) is 4.43. The van der Waals surface area contributed by atoms with Crippen molar-refractivity contribution in [3.63, 3.8) is 0 Å². The average Bonchev–Trinajstić information content (AvgIpc) is 3.66. The van der Waals surface area contributed by atoms with Gasteiger partial charge in [0.05, 0.1) is 0 Å². The van der Waals surface area contributed by atoms with Crippen LogP contribution in [0.1, 0.15) is 11.1 Å². The van der Waals surface area contributed by atoms with E-state index < -0.39 is 0 Å².